The Morgan fingerprint density at radius 1 is 1.21 bits per heavy atom. The number of hydrogen-bond donors (Lipinski definition) is 1. The van der Waals surface area contributed by atoms with Crippen molar-refractivity contribution in [3.63, 3.8) is 0 Å². The predicted octanol–water partition coefficient (Wildman–Crippen LogP) is 2.26. The summed E-state index contributed by atoms with van der Waals surface area (Å²) in [4.78, 5) is 5.62. The van der Waals surface area contributed by atoms with E-state index in [0.29, 0.717) is 5.69 Å². The van der Waals surface area contributed by atoms with Gasteiger partial charge >= 0.3 is 12.1 Å². The summed E-state index contributed by atoms with van der Waals surface area (Å²) < 4.78 is 42.6. The van der Waals surface area contributed by atoms with Crippen molar-refractivity contribution in [3.05, 3.63) is 24.1 Å². The number of aromatic nitrogens is 1. The number of oxazole rings is 1. The third-order valence-corrected chi connectivity index (χ3v) is 3.10. The van der Waals surface area contributed by atoms with Gasteiger partial charge in [0.25, 0.3) is 0 Å². The van der Waals surface area contributed by atoms with E-state index in [4.69, 9.17) is 4.42 Å². The minimum absolute atomic E-state index is 0.170. The number of rotatable bonds is 1. The fourth-order valence-electron chi connectivity index (χ4n) is 2.22. The molecule has 0 bridgehead atoms. The van der Waals surface area contributed by atoms with Gasteiger partial charge in [0.15, 0.2) is 5.58 Å². The maximum absolute atomic E-state index is 12.6. The van der Waals surface area contributed by atoms with E-state index in [0.717, 1.165) is 26.2 Å². The summed E-state index contributed by atoms with van der Waals surface area (Å²) >= 11 is 0. The average Bonchev–Trinajstić information content (AvgIpc) is 2.83. The molecule has 0 unspecified atom stereocenters. The zero-order valence-corrected chi connectivity index (χ0v) is 10.00. The van der Waals surface area contributed by atoms with Crippen LogP contribution >= 0.6 is 0 Å². The molecule has 2 aromatic rings. The monoisotopic (exact) mass is 271 g/mol. The van der Waals surface area contributed by atoms with Gasteiger partial charge in [-0.25, -0.2) is 4.98 Å². The molecule has 1 aliphatic heterocycles. The lowest BCUT2D eigenvalue weighted by atomic mass is 10.2. The number of anilines is 1. The van der Waals surface area contributed by atoms with Crippen molar-refractivity contribution >= 4 is 16.8 Å². The third kappa shape index (κ3) is 2.25. The molecule has 0 atom stereocenters. The topological polar surface area (TPSA) is 41.3 Å². The highest BCUT2D eigenvalue weighted by molar-refractivity contribution is 5.87. The lowest BCUT2D eigenvalue weighted by Crippen LogP contribution is -2.43. The number of benzene rings is 1. The molecule has 0 spiro atoms. The number of nitrogens with zero attached hydrogens (tertiary/aromatic N) is 2. The largest absolute Gasteiger partial charge is 0.468 e. The van der Waals surface area contributed by atoms with Crippen molar-refractivity contribution in [2.75, 3.05) is 31.1 Å². The molecule has 0 radical (unpaired) electrons. The van der Waals surface area contributed by atoms with Gasteiger partial charge in [-0.05, 0) is 12.1 Å². The molecule has 1 aliphatic rings. The first-order chi connectivity index (χ1) is 9.05. The molecule has 1 saturated heterocycles. The zero-order chi connectivity index (χ0) is 13.5. The second-order valence-electron chi connectivity index (χ2n) is 4.38. The Morgan fingerprint density at radius 2 is 1.95 bits per heavy atom. The molecule has 7 heteroatoms. The van der Waals surface area contributed by atoms with Crippen LogP contribution in [-0.4, -0.2) is 31.2 Å². The van der Waals surface area contributed by atoms with Crippen LogP contribution in [0.4, 0.5) is 18.9 Å². The molecular formula is C12H12F3N3O. The first kappa shape index (κ1) is 12.3. The van der Waals surface area contributed by atoms with Gasteiger partial charge in [0.1, 0.15) is 5.52 Å². The molecule has 3 rings (SSSR count). The maximum atomic E-state index is 12.6. The van der Waals surface area contributed by atoms with Crippen molar-refractivity contribution in [3.8, 4) is 0 Å². The molecular weight excluding hydrogens is 259 g/mol. The smallest absolute Gasteiger partial charge is 0.433 e. The lowest BCUT2D eigenvalue weighted by molar-refractivity contribution is -0.156. The molecule has 1 aromatic carbocycles. The zero-order valence-electron chi connectivity index (χ0n) is 10.00. The van der Waals surface area contributed by atoms with Gasteiger partial charge in [-0.1, -0.05) is 6.07 Å². The molecule has 102 valence electrons. The quantitative estimate of drug-likeness (QED) is 0.863. The van der Waals surface area contributed by atoms with Gasteiger partial charge in [-0.2, -0.15) is 13.2 Å². The Balaban J connectivity index is 2.07. The summed E-state index contributed by atoms with van der Waals surface area (Å²) in [5, 5.41) is 3.20. The Morgan fingerprint density at radius 3 is 2.63 bits per heavy atom. The first-order valence-corrected chi connectivity index (χ1v) is 5.98. The predicted molar refractivity (Wildman–Crippen MR) is 64.1 cm³/mol. The Bertz CT molecular complexity index is 587. The van der Waals surface area contributed by atoms with E-state index in [1.54, 1.807) is 12.1 Å². The molecule has 1 aromatic heterocycles. The average molecular weight is 271 g/mol. The third-order valence-electron chi connectivity index (χ3n) is 3.10. The number of fused-ring (bicyclic) bond motifs is 1. The van der Waals surface area contributed by atoms with Crippen LogP contribution in [0.25, 0.3) is 11.1 Å². The number of hydrogen-bond acceptors (Lipinski definition) is 4. The van der Waals surface area contributed by atoms with Crippen molar-refractivity contribution in [1.82, 2.24) is 10.3 Å². The minimum atomic E-state index is -4.56. The van der Waals surface area contributed by atoms with Crippen LogP contribution in [0.5, 0.6) is 0 Å². The minimum Gasteiger partial charge on any atom is -0.433 e. The highest BCUT2D eigenvalue weighted by Gasteiger charge is 2.38. The number of halogens is 3. The first-order valence-electron chi connectivity index (χ1n) is 5.98. The van der Waals surface area contributed by atoms with Gasteiger partial charge in [-0.15, -0.1) is 0 Å². The number of alkyl halides is 3. The van der Waals surface area contributed by atoms with Gasteiger partial charge in [0, 0.05) is 26.2 Å². The van der Waals surface area contributed by atoms with E-state index in [1.807, 2.05) is 4.90 Å². The van der Waals surface area contributed by atoms with Crippen LogP contribution in [0.15, 0.2) is 22.6 Å². The Kier molecular flexibility index (Phi) is 2.85. The summed E-state index contributed by atoms with van der Waals surface area (Å²) in [6.45, 7) is 3.10. The van der Waals surface area contributed by atoms with Crippen LogP contribution in [0, 0.1) is 0 Å². The second-order valence-corrected chi connectivity index (χ2v) is 4.38. The fourth-order valence-corrected chi connectivity index (χ4v) is 2.22. The fraction of sp³-hybridized carbons (Fsp3) is 0.417. The molecule has 19 heavy (non-hydrogen) atoms. The van der Waals surface area contributed by atoms with E-state index in [-0.39, 0.29) is 11.1 Å². The van der Waals surface area contributed by atoms with Gasteiger partial charge in [0.05, 0.1) is 5.69 Å². The summed E-state index contributed by atoms with van der Waals surface area (Å²) in [5.74, 6) is -1.19. The molecule has 2 heterocycles. The second kappa shape index (κ2) is 4.41. The number of para-hydroxylation sites is 1. The standard InChI is InChI=1S/C12H12F3N3O/c13-12(14,15)11-17-10-8(2-1-3-9(10)19-11)18-6-4-16-5-7-18/h1-3,16H,4-7H2. The SMILES string of the molecule is FC(F)(F)c1nc2c(N3CCNCC3)cccc2o1. The van der Waals surface area contributed by atoms with Gasteiger partial charge in [0.2, 0.25) is 0 Å². The van der Waals surface area contributed by atoms with E-state index >= 15 is 0 Å². The van der Waals surface area contributed by atoms with Crippen LogP contribution in [0.1, 0.15) is 5.89 Å². The van der Waals surface area contributed by atoms with Crippen molar-refractivity contribution in [1.29, 1.82) is 0 Å². The van der Waals surface area contributed by atoms with Crippen molar-refractivity contribution in [2.24, 2.45) is 0 Å². The Hall–Kier alpha value is -1.76. The van der Waals surface area contributed by atoms with Crippen molar-refractivity contribution < 1.29 is 17.6 Å². The normalized spacial score (nSPS) is 17.1. The lowest BCUT2D eigenvalue weighted by Gasteiger charge is -2.29. The molecule has 4 nitrogen and oxygen atoms in total. The van der Waals surface area contributed by atoms with E-state index in [1.165, 1.54) is 6.07 Å². The molecule has 0 saturated carbocycles. The highest BCUT2D eigenvalue weighted by Crippen LogP contribution is 2.34. The molecule has 1 fully saturated rings. The summed E-state index contributed by atoms with van der Waals surface area (Å²) in [6, 6.07) is 4.96. The van der Waals surface area contributed by atoms with Crippen LogP contribution in [0.3, 0.4) is 0 Å². The number of nitrogens with one attached hydrogen (secondary N) is 1. The van der Waals surface area contributed by atoms with Crippen LogP contribution in [0.2, 0.25) is 0 Å². The molecule has 0 amide bonds. The van der Waals surface area contributed by atoms with E-state index in [9.17, 15) is 13.2 Å². The highest BCUT2D eigenvalue weighted by atomic mass is 19.4. The van der Waals surface area contributed by atoms with Crippen LogP contribution < -0.4 is 10.2 Å². The van der Waals surface area contributed by atoms with Crippen molar-refractivity contribution in [2.45, 2.75) is 6.18 Å². The summed E-state index contributed by atoms with van der Waals surface area (Å²) in [5.41, 5.74) is 1.14. The molecule has 0 aliphatic carbocycles. The van der Waals surface area contributed by atoms with Crippen LogP contribution in [-0.2, 0) is 6.18 Å². The number of piperazine rings is 1. The molecule has 1 N–H and O–H groups in total. The van der Waals surface area contributed by atoms with E-state index in [2.05, 4.69) is 10.3 Å². The maximum Gasteiger partial charge on any atom is 0.468 e. The van der Waals surface area contributed by atoms with Gasteiger partial charge < -0.3 is 14.6 Å². The van der Waals surface area contributed by atoms with Gasteiger partial charge in [-0.3, -0.25) is 0 Å². The van der Waals surface area contributed by atoms with E-state index < -0.39 is 12.1 Å². The Labute approximate surface area is 107 Å². The summed E-state index contributed by atoms with van der Waals surface area (Å²) in [6.07, 6.45) is -4.56. The summed E-state index contributed by atoms with van der Waals surface area (Å²) in [7, 11) is 0.